The van der Waals surface area contributed by atoms with Gasteiger partial charge in [0.1, 0.15) is 0 Å². The highest BCUT2D eigenvalue weighted by molar-refractivity contribution is 7.00. The van der Waals surface area contributed by atoms with Crippen molar-refractivity contribution in [2.24, 2.45) is 35.5 Å². The van der Waals surface area contributed by atoms with Crippen molar-refractivity contribution >= 4 is 88.5 Å². The summed E-state index contributed by atoms with van der Waals surface area (Å²) < 4.78 is 8.57. The van der Waals surface area contributed by atoms with Gasteiger partial charge in [0.25, 0.3) is 6.71 Å². The third-order valence-electron chi connectivity index (χ3n) is 24.0. The Morgan fingerprint density at radius 2 is 0.707 bits per heavy atom. The fourth-order valence-corrected chi connectivity index (χ4v) is 21.1. The summed E-state index contributed by atoms with van der Waals surface area (Å²) in [6, 6.07) is 46.6. The van der Waals surface area contributed by atoms with E-state index in [4.69, 9.17) is 0 Å². The van der Waals surface area contributed by atoms with E-state index in [0.29, 0.717) is 0 Å². The van der Waals surface area contributed by atoms with Crippen LogP contribution in [0.25, 0.3) is 82.5 Å². The van der Waals surface area contributed by atoms with Gasteiger partial charge < -0.3 is 13.7 Å². The van der Waals surface area contributed by atoms with Crippen LogP contribution in [0.1, 0.15) is 194 Å². The van der Waals surface area contributed by atoms with Gasteiger partial charge in [0.15, 0.2) is 0 Å². The van der Waals surface area contributed by atoms with Gasteiger partial charge in [-0.3, -0.25) is 0 Å². The van der Waals surface area contributed by atoms with Gasteiger partial charge >= 0.3 is 0 Å². The zero-order valence-corrected chi connectivity index (χ0v) is 51.3. The number of hydrogen-bond donors (Lipinski definition) is 0. The van der Waals surface area contributed by atoms with Gasteiger partial charge in [-0.05, 0) is 243 Å². The molecule has 0 radical (unpaired) electrons. The lowest BCUT2D eigenvalue weighted by atomic mass is 9.34. The minimum Gasteiger partial charge on any atom is -0.310 e. The normalized spacial score (nSPS) is 27.0. The molecule has 3 nitrogen and oxygen atoms in total. The monoisotopic (exact) mass is 1070 g/mol. The van der Waals surface area contributed by atoms with Crippen molar-refractivity contribution in [3.05, 3.63) is 143 Å². The first-order valence-electron chi connectivity index (χ1n) is 32.5. The molecule has 8 bridgehead atoms. The molecule has 10 aliphatic rings. The van der Waals surface area contributed by atoms with E-state index in [1.807, 2.05) is 0 Å². The van der Waals surface area contributed by atoms with E-state index in [1.54, 1.807) is 11.1 Å². The number of fused-ring (bicyclic) bond motifs is 13. The smallest absolute Gasteiger partial charge is 0.252 e. The summed E-state index contributed by atoms with van der Waals surface area (Å²) in [6.07, 6.45) is 16.8. The third-order valence-corrected chi connectivity index (χ3v) is 24.0. The Labute approximate surface area is 487 Å². The van der Waals surface area contributed by atoms with Gasteiger partial charge in [0.05, 0.1) is 27.8 Å². The van der Waals surface area contributed by atoms with Crippen molar-refractivity contribution in [1.29, 1.82) is 0 Å². The minimum absolute atomic E-state index is 0.00669. The Bertz CT molecular complexity index is 4160. The molecule has 7 aromatic carbocycles. The van der Waals surface area contributed by atoms with Crippen molar-refractivity contribution in [3.63, 3.8) is 0 Å². The Hall–Kier alpha value is -6.00. The molecule has 0 amide bonds. The summed E-state index contributed by atoms with van der Waals surface area (Å²) in [5, 5.41) is 8.51. The minimum atomic E-state index is -0.0530. The van der Waals surface area contributed by atoms with Crippen LogP contribution in [-0.4, -0.2) is 20.4 Å². The second-order valence-electron chi connectivity index (χ2n) is 33.5. The van der Waals surface area contributed by atoms with E-state index in [1.165, 1.54) is 198 Å². The summed E-state index contributed by atoms with van der Waals surface area (Å²) in [5.41, 5.74) is 26.2. The fraction of sp³-hybridized carbons (Fsp3) is 0.462. The van der Waals surface area contributed by atoms with Crippen LogP contribution in [0.4, 0.5) is 0 Å². The summed E-state index contributed by atoms with van der Waals surface area (Å²) in [7, 11) is 0. The van der Waals surface area contributed by atoms with Crippen LogP contribution in [0, 0.1) is 35.5 Å². The summed E-state index contributed by atoms with van der Waals surface area (Å²) in [5.74, 6) is 5.15. The second kappa shape index (κ2) is 15.7. The van der Waals surface area contributed by atoms with E-state index >= 15 is 0 Å². The average Bonchev–Trinajstić information content (AvgIpc) is 2.54. The maximum atomic E-state index is 2.98. The van der Waals surface area contributed by atoms with Crippen molar-refractivity contribution in [3.8, 4) is 17.1 Å². The number of aromatic nitrogens is 3. The molecular formula is C78H84BN3. The topological polar surface area (TPSA) is 14.8 Å². The van der Waals surface area contributed by atoms with Gasteiger partial charge in [-0.15, -0.1) is 0 Å². The van der Waals surface area contributed by atoms with Crippen LogP contribution in [0.3, 0.4) is 0 Å². The molecule has 0 spiro atoms. The van der Waals surface area contributed by atoms with E-state index in [0.717, 1.165) is 35.5 Å². The summed E-state index contributed by atoms with van der Waals surface area (Å²) >= 11 is 0. The molecule has 8 aliphatic carbocycles. The fourth-order valence-electron chi connectivity index (χ4n) is 21.1. The molecule has 2 aliphatic heterocycles. The first kappa shape index (κ1) is 49.4. The predicted molar refractivity (Wildman–Crippen MR) is 349 cm³/mol. The van der Waals surface area contributed by atoms with Crippen LogP contribution >= 0.6 is 0 Å². The van der Waals surface area contributed by atoms with E-state index in [-0.39, 0.29) is 39.2 Å². The first-order valence-corrected chi connectivity index (χ1v) is 32.5. The maximum Gasteiger partial charge on any atom is 0.252 e. The molecule has 3 aromatic heterocycles. The number of benzene rings is 7. The number of nitrogens with zero attached hydrogens (tertiary/aromatic N) is 3. The van der Waals surface area contributed by atoms with Gasteiger partial charge in [0.2, 0.25) is 0 Å². The predicted octanol–water partition coefficient (Wildman–Crippen LogP) is 18.2. The Morgan fingerprint density at radius 1 is 0.354 bits per heavy atom. The molecule has 4 heteroatoms. The van der Waals surface area contributed by atoms with Crippen molar-refractivity contribution in [2.75, 3.05) is 0 Å². The highest BCUT2D eigenvalue weighted by Gasteiger charge is 2.55. The van der Waals surface area contributed by atoms with E-state index in [9.17, 15) is 0 Å². The zero-order valence-electron chi connectivity index (χ0n) is 51.3. The molecule has 0 atom stereocenters. The quantitative estimate of drug-likeness (QED) is 0.157. The van der Waals surface area contributed by atoms with Gasteiger partial charge in [-0.25, -0.2) is 0 Å². The second-order valence-corrected chi connectivity index (χ2v) is 33.5. The zero-order chi connectivity index (χ0) is 55.8. The van der Waals surface area contributed by atoms with Gasteiger partial charge in [0, 0.05) is 54.7 Å². The van der Waals surface area contributed by atoms with Crippen LogP contribution in [-0.2, 0) is 32.5 Å². The highest BCUT2D eigenvalue weighted by atomic mass is 15.1. The van der Waals surface area contributed by atoms with Crippen LogP contribution in [0.2, 0.25) is 0 Å². The third kappa shape index (κ3) is 6.52. The SMILES string of the molecule is CC(C)(C)c1ccc2c(c1)c1cc(C(C)(C)C)cc3c1n2-c1cc(-n2c4c(C56CC7CC(CC(C7)C5)C6)cccc4c4cccc(C56CC7CC(CC(C7)C5)C6)c42)cc2c1B3c1cc(C(C)(C)C)cc3c4cc(C(C)(C)C)ccc4n-2c13. The molecule has 20 rings (SSSR count). The molecule has 82 heavy (non-hydrogen) atoms. The van der Waals surface area contributed by atoms with Gasteiger partial charge in [-0.1, -0.05) is 144 Å². The standard InChI is InChI=1S/C78H84BN3/c1-73(2,3)49-19-21-64-56(29-49)58-31-51(75(7,8)9)33-62-71(58)81(64)66-35-53(36-67-68(66)79(62)63-34-52(76(10,11)12)32-59-57-30-50(74(4,5)6)20-22-65(57)82(67)72(59)63)80-69-54(15-13-17-60(69)77-37-43-23-44(38-77)25-45(24-43)39-77)55-16-14-18-61(70(55)80)78-40-46-26-47(41-78)28-48(27-46)42-78/h13-22,29-36,43-48H,23-28,37-42H2,1-12H3. The van der Waals surface area contributed by atoms with Crippen molar-refractivity contribution in [2.45, 2.75) is 193 Å². The largest absolute Gasteiger partial charge is 0.310 e. The molecule has 8 fully saturated rings. The molecule has 414 valence electrons. The van der Waals surface area contributed by atoms with E-state index in [2.05, 4.69) is 206 Å². The Morgan fingerprint density at radius 3 is 1.06 bits per heavy atom. The van der Waals surface area contributed by atoms with Crippen LogP contribution < -0.4 is 16.4 Å². The lowest BCUT2D eigenvalue weighted by Crippen LogP contribution is -2.59. The van der Waals surface area contributed by atoms with E-state index < -0.39 is 0 Å². The molecular weight excluding hydrogens is 990 g/mol. The Balaban J connectivity index is 1.04. The average molecular weight is 1070 g/mol. The maximum absolute atomic E-state index is 2.98. The summed E-state index contributed by atoms with van der Waals surface area (Å²) in [4.78, 5) is 0. The summed E-state index contributed by atoms with van der Waals surface area (Å²) in [6.45, 7) is 29.0. The van der Waals surface area contributed by atoms with Crippen molar-refractivity contribution < 1.29 is 0 Å². The van der Waals surface area contributed by atoms with Crippen molar-refractivity contribution in [1.82, 2.24) is 13.7 Å². The van der Waals surface area contributed by atoms with Crippen LogP contribution in [0.5, 0.6) is 0 Å². The van der Waals surface area contributed by atoms with Crippen LogP contribution in [0.15, 0.2) is 109 Å². The number of para-hydroxylation sites is 2. The Kier molecular flexibility index (Phi) is 9.44. The van der Waals surface area contributed by atoms with Gasteiger partial charge in [-0.2, -0.15) is 0 Å². The molecule has 10 aromatic rings. The molecule has 0 N–H and O–H groups in total. The molecule has 0 saturated heterocycles. The lowest BCUT2D eigenvalue weighted by molar-refractivity contribution is -0.00468. The molecule has 8 saturated carbocycles. The molecule has 0 unspecified atom stereocenters. The molecule has 5 heterocycles. The lowest BCUT2D eigenvalue weighted by Gasteiger charge is -2.57. The number of rotatable bonds is 3. The number of hydrogen-bond acceptors (Lipinski definition) is 0. The first-order chi connectivity index (χ1) is 39.0. The highest BCUT2D eigenvalue weighted by Crippen LogP contribution is 2.64.